The molecule has 3 unspecified atom stereocenters. The standard InChI is InChI=1S/C22H19F4N3O2/c1-11-27-10-14-16(6-5-15(23)19(14)28-11)29-20-13-3-2-4-17-18(13)12(7-8-31-17)9-21(20,30)22(24,25)26/h2-6,10,12,20,29-30H,7-9H2,1H3. The van der Waals surface area contributed by atoms with Gasteiger partial charge in [0.05, 0.1) is 12.6 Å². The highest BCUT2D eigenvalue weighted by molar-refractivity contribution is 5.91. The fourth-order valence-corrected chi connectivity index (χ4v) is 4.72. The number of ether oxygens (including phenoxy) is 1. The van der Waals surface area contributed by atoms with Crippen molar-refractivity contribution in [2.75, 3.05) is 11.9 Å². The van der Waals surface area contributed by atoms with Gasteiger partial charge in [-0.25, -0.2) is 14.4 Å². The maximum absolute atomic E-state index is 14.3. The van der Waals surface area contributed by atoms with Crippen molar-refractivity contribution in [2.45, 2.75) is 43.5 Å². The van der Waals surface area contributed by atoms with E-state index in [1.807, 2.05) is 0 Å². The lowest BCUT2D eigenvalue weighted by molar-refractivity contribution is -0.273. The first-order valence-electron chi connectivity index (χ1n) is 9.92. The summed E-state index contributed by atoms with van der Waals surface area (Å²) >= 11 is 0. The van der Waals surface area contributed by atoms with Crippen LogP contribution in [-0.4, -0.2) is 33.5 Å². The van der Waals surface area contributed by atoms with Gasteiger partial charge in [-0.2, -0.15) is 13.2 Å². The van der Waals surface area contributed by atoms with Crippen LogP contribution in [0.3, 0.4) is 0 Å². The normalized spacial score (nSPS) is 25.1. The minimum Gasteiger partial charge on any atom is -0.493 e. The molecule has 1 aliphatic heterocycles. The Bertz CT molecular complexity index is 1180. The summed E-state index contributed by atoms with van der Waals surface area (Å²) in [5, 5.41) is 14.1. The van der Waals surface area contributed by atoms with E-state index in [1.54, 1.807) is 25.1 Å². The van der Waals surface area contributed by atoms with Crippen molar-refractivity contribution in [1.82, 2.24) is 9.97 Å². The van der Waals surface area contributed by atoms with Crippen molar-refractivity contribution >= 4 is 16.6 Å². The summed E-state index contributed by atoms with van der Waals surface area (Å²) in [6.07, 6.45) is -3.62. The van der Waals surface area contributed by atoms with E-state index in [4.69, 9.17) is 4.74 Å². The van der Waals surface area contributed by atoms with Crippen molar-refractivity contribution in [1.29, 1.82) is 0 Å². The highest BCUT2D eigenvalue weighted by atomic mass is 19.4. The van der Waals surface area contributed by atoms with Crippen LogP contribution in [0.15, 0.2) is 36.5 Å². The van der Waals surface area contributed by atoms with E-state index in [9.17, 15) is 22.7 Å². The van der Waals surface area contributed by atoms with Gasteiger partial charge >= 0.3 is 6.18 Å². The lowest BCUT2D eigenvalue weighted by Gasteiger charge is -2.47. The Morgan fingerprint density at radius 1 is 1.23 bits per heavy atom. The maximum Gasteiger partial charge on any atom is 0.419 e. The molecule has 0 radical (unpaired) electrons. The molecule has 31 heavy (non-hydrogen) atoms. The van der Waals surface area contributed by atoms with E-state index >= 15 is 0 Å². The van der Waals surface area contributed by atoms with Gasteiger partial charge in [0, 0.05) is 22.8 Å². The van der Waals surface area contributed by atoms with E-state index in [0.29, 0.717) is 35.7 Å². The number of hydrogen-bond donors (Lipinski definition) is 2. The van der Waals surface area contributed by atoms with Gasteiger partial charge in [0.25, 0.3) is 0 Å². The number of fused-ring (bicyclic) bond motifs is 1. The molecular formula is C22H19F4N3O2. The minimum atomic E-state index is -4.89. The molecular weight excluding hydrogens is 414 g/mol. The summed E-state index contributed by atoms with van der Waals surface area (Å²) in [7, 11) is 0. The number of aliphatic hydroxyl groups is 1. The van der Waals surface area contributed by atoms with E-state index < -0.39 is 36.0 Å². The van der Waals surface area contributed by atoms with Gasteiger partial charge in [-0.05, 0) is 49.4 Å². The van der Waals surface area contributed by atoms with Gasteiger partial charge in [-0.1, -0.05) is 12.1 Å². The zero-order chi connectivity index (χ0) is 22.0. The highest BCUT2D eigenvalue weighted by Gasteiger charge is 2.62. The first-order valence-corrected chi connectivity index (χ1v) is 9.92. The van der Waals surface area contributed by atoms with E-state index in [2.05, 4.69) is 15.3 Å². The Kier molecular flexibility index (Phi) is 4.37. The highest BCUT2D eigenvalue weighted by Crippen LogP contribution is 2.56. The molecule has 2 aromatic carbocycles. The van der Waals surface area contributed by atoms with Gasteiger partial charge in [-0.3, -0.25) is 0 Å². The molecule has 2 N–H and O–H groups in total. The van der Waals surface area contributed by atoms with Crippen LogP contribution in [0.4, 0.5) is 23.2 Å². The smallest absolute Gasteiger partial charge is 0.419 e. The lowest BCUT2D eigenvalue weighted by Crippen LogP contribution is -2.56. The molecule has 162 valence electrons. The molecule has 5 rings (SSSR count). The predicted molar refractivity (Wildman–Crippen MR) is 106 cm³/mol. The number of nitrogens with one attached hydrogen (secondary N) is 1. The van der Waals surface area contributed by atoms with Gasteiger partial charge in [-0.15, -0.1) is 0 Å². The summed E-state index contributed by atoms with van der Waals surface area (Å²) in [6.45, 7) is 1.89. The molecule has 0 saturated heterocycles. The topological polar surface area (TPSA) is 67.3 Å². The molecule has 0 spiro atoms. The third-order valence-corrected chi connectivity index (χ3v) is 6.19. The number of anilines is 1. The summed E-state index contributed by atoms with van der Waals surface area (Å²) in [5.74, 6) is -0.204. The van der Waals surface area contributed by atoms with Crippen LogP contribution in [0, 0.1) is 12.7 Å². The Labute approximate surface area is 175 Å². The second kappa shape index (κ2) is 6.78. The monoisotopic (exact) mass is 433 g/mol. The zero-order valence-corrected chi connectivity index (χ0v) is 16.5. The number of aryl methyl sites for hydroxylation is 1. The zero-order valence-electron chi connectivity index (χ0n) is 16.5. The first-order chi connectivity index (χ1) is 14.7. The van der Waals surface area contributed by atoms with Crippen LogP contribution >= 0.6 is 0 Å². The number of benzene rings is 2. The van der Waals surface area contributed by atoms with E-state index in [-0.39, 0.29) is 16.6 Å². The average Bonchev–Trinajstić information content (AvgIpc) is 2.72. The van der Waals surface area contributed by atoms with Crippen LogP contribution in [0.25, 0.3) is 10.9 Å². The molecule has 1 aliphatic carbocycles. The third-order valence-electron chi connectivity index (χ3n) is 6.19. The van der Waals surface area contributed by atoms with Gasteiger partial charge in [0.2, 0.25) is 0 Å². The quantitative estimate of drug-likeness (QED) is 0.569. The SMILES string of the molecule is Cc1ncc2c(NC3c4cccc5c4C(CCO5)CC3(O)C(F)(F)F)ccc(F)c2n1. The molecule has 3 atom stereocenters. The molecule has 1 aromatic heterocycles. The Hall–Kier alpha value is -2.94. The van der Waals surface area contributed by atoms with Crippen LogP contribution in [0.5, 0.6) is 5.75 Å². The molecule has 2 heterocycles. The molecule has 5 nitrogen and oxygen atoms in total. The fourth-order valence-electron chi connectivity index (χ4n) is 4.72. The molecule has 0 bridgehead atoms. The summed E-state index contributed by atoms with van der Waals surface area (Å²) in [5.41, 5.74) is -1.82. The Morgan fingerprint density at radius 2 is 2.03 bits per heavy atom. The summed E-state index contributed by atoms with van der Waals surface area (Å²) in [6, 6.07) is 5.87. The number of aromatic nitrogens is 2. The molecule has 0 amide bonds. The van der Waals surface area contributed by atoms with Crippen molar-refractivity contribution in [3.8, 4) is 5.75 Å². The van der Waals surface area contributed by atoms with E-state index in [0.717, 1.165) is 6.07 Å². The van der Waals surface area contributed by atoms with Crippen molar-refractivity contribution < 1.29 is 27.4 Å². The van der Waals surface area contributed by atoms with E-state index in [1.165, 1.54) is 12.3 Å². The summed E-state index contributed by atoms with van der Waals surface area (Å²) in [4.78, 5) is 8.13. The maximum atomic E-state index is 14.3. The van der Waals surface area contributed by atoms with Crippen molar-refractivity contribution in [3.63, 3.8) is 0 Å². The van der Waals surface area contributed by atoms with Crippen molar-refractivity contribution in [3.05, 3.63) is 59.3 Å². The number of rotatable bonds is 2. The van der Waals surface area contributed by atoms with Crippen molar-refractivity contribution in [2.24, 2.45) is 0 Å². The lowest BCUT2D eigenvalue weighted by atomic mass is 9.68. The second-order valence-corrected chi connectivity index (χ2v) is 8.07. The van der Waals surface area contributed by atoms with Gasteiger partial charge in [0.1, 0.15) is 22.9 Å². The predicted octanol–water partition coefficient (Wildman–Crippen LogP) is 4.79. The average molecular weight is 433 g/mol. The van der Waals surface area contributed by atoms with Crippen LogP contribution in [0.2, 0.25) is 0 Å². The van der Waals surface area contributed by atoms with Crippen LogP contribution in [-0.2, 0) is 0 Å². The molecule has 0 fully saturated rings. The van der Waals surface area contributed by atoms with Gasteiger partial charge in [0.15, 0.2) is 5.60 Å². The minimum absolute atomic E-state index is 0.000147. The molecule has 0 saturated carbocycles. The largest absolute Gasteiger partial charge is 0.493 e. The fraction of sp³-hybridized carbons (Fsp3) is 0.364. The number of halogens is 4. The molecule has 2 aliphatic rings. The second-order valence-electron chi connectivity index (χ2n) is 8.07. The van der Waals surface area contributed by atoms with Gasteiger partial charge < -0.3 is 15.2 Å². The first kappa shape index (κ1) is 20.0. The number of nitrogens with zero attached hydrogens (tertiary/aromatic N) is 2. The molecule has 9 heteroatoms. The number of hydrogen-bond acceptors (Lipinski definition) is 5. The third kappa shape index (κ3) is 3.02. The Morgan fingerprint density at radius 3 is 2.81 bits per heavy atom. The summed E-state index contributed by atoms with van der Waals surface area (Å²) < 4.78 is 62.6. The van der Waals surface area contributed by atoms with Crippen LogP contribution < -0.4 is 10.1 Å². The van der Waals surface area contributed by atoms with Crippen LogP contribution in [0.1, 0.15) is 41.8 Å². The molecule has 3 aromatic rings. The number of alkyl halides is 3. The Balaban J connectivity index is 1.69.